The van der Waals surface area contributed by atoms with Crippen LogP contribution in [0.1, 0.15) is 69.4 Å². The molecule has 4 rings (SSSR count). The second kappa shape index (κ2) is 9.85. The number of aromatic nitrogens is 3. The maximum absolute atomic E-state index is 13.9. The van der Waals surface area contributed by atoms with Crippen molar-refractivity contribution in [1.29, 1.82) is 0 Å². The monoisotopic (exact) mass is 538 g/mol. The van der Waals surface area contributed by atoms with Gasteiger partial charge in [-0.3, -0.25) is 4.79 Å². The topological polar surface area (TPSA) is 106 Å². The molecule has 0 unspecified atom stereocenters. The number of fused-ring (bicyclic) bond motifs is 1. The molecule has 0 aliphatic heterocycles. The molecule has 1 saturated carbocycles. The van der Waals surface area contributed by atoms with Gasteiger partial charge in [-0.1, -0.05) is 23.7 Å². The molecule has 12 heteroatoms. The zero-order valence-electron chi connectivity index (χ0n) is 20.6. The van der Waals surface area contributed by atoms with Gasteiger partial charge >= 0.3 is 12.3 Å². The van der Waals surface area contributed by atoms with Crippen LogP contribution in [-0.4, -0.2) is 32.8 Å². The Kier molecular flexibility index (Phi) is 7.11. The molecule has 198 valence electrons. The summed E-state index contributed by atoms with van der Waals surface area (Å²) in [5.41, 5.74) is -1.53. The molecule has 0 radical (unpaired) electrons. The number of rotatable bonds is 5. The fourth-order valence-corrected chi connectivity index (χ4v) is 4.25. The third-order valence-electron chi connectivity index (χ3n) is 5.89. The van der Waals surface area contributed by atoms with Crippen LogP contribution in [0.2, 0.25) is 5.15 Å². The molecule has 0 bridgehead atoms. The van der Waals surface area contributed by atoms with Crippen molar-refractivity contribution in [2.75, 3.05) is 0 Å². The number of H-pyrrole nitrogens is 1. The van der Waals surface area contributed by atoms with Crippen LogP contribution in [-0.2, 0) is 10.9 Å². The molecule has 1 amide bonds. The predicted octanol–water partition coefficient (Wildman–Crippen LogP) is 5.90. The number of carbonyl (C=O) groups excluding carboxylic acids is 1. The normalized spacial score (nSPS) is 18.7. The number of hydrogen-bond acceptors (Lipinski definition) is 6. The van der Waals surface area contributed by atoms with Crippen LogP contribution in [0.4, 0.5) is 18.0 Å². The number of benzene rings is 1. The highest BCUT2D eigenvalue weighted by Crippen LogP contribution is 2.44. The van der Waals surface area contributed by atoms with Crippen LogP contribution in [0, 0.1) is 0 Å². The summed E-state index contributed by atoms with van der Waals surface area (Å²) in [6.45, 7) is 6.62. The third kappa shape index (κ3) is 6.15. The maximum atomic E-state index is 13.9. The second-order valence-corrected chi connectivity index (χ2v) is 10.4. The van der Waals surface area contributed by atoms with Crippen molar-refractivity contribution in [3.05, 3.63) is 62.9 Å². The first-order valence-electron chi connectivity index (χ1n) is 11.6. The van der Waals surface area contributed by atoms with Gasteiger partial charge in [-0.05, 0) is 52.7 Å². The van der Waals surface area contributed by atoms with E-state index in [9.17, 15) is 22.8 Å². The fraction of sp³-hybridized carbons (Fsp3) is 0.440. The standard InChI is InChI=1S/C25H26ClF3N4O4/c1-12(31-23(35)37-24(2,3)4)15-6-5-7-17(25(27,28)29)20(15)36-14-8-13(9-14)21-32-18-11-30-19(26)10-16(18)22(34)33-21/h5-7,10-14H,8-9H2,1-4H3,(H,31,35)(H,32,33,34)/t12-,13?,14?/m1/s1. The number of para-hydroxylation sites is 1. The lowest BCUT2D eigenvalue weighted by Crippen LogP contribution is -2.36. The molecule has 2 aromatic heterocycles. The van der Waals surface area contributed by atoms with Crippen molar-refractivity contribution < 1.29 is 27.4 Å². The number of aromatic amines is 1. The number of carbonyl (C=O) groups is 1. The Morgan fingerprint density at radius 3 is 2.59 bits per heavy atom. The number of amides is 1. The summed E-state index contributed by atoms with van der Waals surface area (Å²) in [5, 5.41) is 3.03. The molecule has 1 atom stereocenters. The largest absolute Gasteiger partial charge is 0.489 e. The maximum Gasteiger partial charge on any atom is 0.419 e. The van der Waals surface area contributed by atoms with Crippen LogP contribution >= 0.6 is 11.6 Å². The van der Waals surface area contributed by atoms with Gasteiger partial charge in [0.2, 0.25) is 0 Å². The molecule has 8 nitrogen and oxygen atoms in total. The van der Waals surface area contributed by atoms with Crippen molar-refractivity contribution in [2.45, 2.75) is 70.4 Å². The van der Waals surface area contributed by atoms with E-state index in [1.807, 2.05) is 0 Å². The number of ether oxygens (including phenoxy) is 2. The predicted molar refractivity (Wildman–Crippen MR) is 131 cm³/mol. The van der Waals surface area contributed by atoms with E-state index in [0.717, 1.165) is 6.07 Å². The van der Waals surface area contributed by atoms with E-state index >= 15 is 0 Å². The Bertz CT molecular complexity index is 1380. The molecule has 2 N–H and O–H groups in total. The molecule has 1 aliphatic rings. The van der Waals surface area contributed by atoms with Gasteiger partial charge in [-0.25, -0.2) is 14.8 Å². The first-order valence-corrected chi connectivity index (χ1v) is 12.0. The van der Waals surface area contributed by atoms with Crippen molar-refractivity contribution in [3.63, 3.8) is 0 Å². The summed E-state index contributed by atoms with van der Waals surface area (Å²) in [6, 6.07) is 4.28. The third-order valence-corrected chi connectivity index (χ3v) is 6.10. The van der Waals surface area contributed by atoms with Gasteiger partial charge in [0, 0.05) is 11.5 Å². The number of alkyl carbamates (subject to hydrolysis) is 1. The van der Waals surface area contributed by atoms with E-state index in [4.69, 9.17) is 21.1 Å². The number of hydrogen-bond donors (Lipinski definition) is 2. The molecular weight excluding hydrogens is 513 g/mol. The molecule has 0 saturated heterocycles. The number of pyridine rings is 1. The van der Waals surface area contributed by atoms with Crippen LogP contribution in [0.3, 0.4) is 0 Å². The second-order valence-electron chi connectivity index (χ2n) is 9.97. The van der Waals surface area contributed by atoms with Gasteiger partial charge in [0.25, 0.3) is 5.56 Å². The molecule has 3 aromatic rings. The Hall–Kier alpha value is -3.34. The summed E-state index contributed by atoms with van der Waals surface area (Å²) < 4.78 is 52.7. The van der Waals surface area contributed by atoms with Gasteiger partial charge in [0.05, 0.1) is 28.7 Å². The molecule has 2 heterocycles. The van der Waals surface area contributed by atoms with Crippen molar-refractivity contribution in [2.24, 2.45) is 0 Å². The smallest absolute Gasteiger partial charge is 0.419 e. The lowest BCUT2D eigenvalue weighted by Gasteiger charge is -2.36. The van der Waals surface area contributed by atoms with Crippen LogP contribution < -0.4 is 15.6 Å². The van der Waals surface area contributed by atoms with Gasteiger partial charge < -0.3 is 19.8 Å². The lowest BCUT2D eigenvalue weighted by molar-refractivity contribution is -0.139. The quantitative estimate of drug-likeness (QED) is 0.392. The number of halogens is 4. The van der Waals surface area contributed by atoms with E-state index in [0.29, 0.717) is 29.6 Å². The summed E-state index contributed by atoms with van der Waals surface area (Å²) >= 11 is 5.84. The summed E-state index contributed by atoms with van der Waals surface area (Å²) in [7, 11) is 0. The van der Waals surface area contributed by atoms with E-state index in [1.165, 1.54) is 24.4 Å². The Morgan fingerprint density at radius 2 is 1.95 bits per heavy atom. The van der Waals surface area contributed by atoms with Crippen LogP contribution in [0.25, 0.3) is 10.9 Å². The van der Waals surface area contributed by atoms with Gasteiger partial charge in [0.15, 0.2) is 0 Å². The van der Waals surface area contributed by atoms with E-state index < -0.39 is 35.6 Å². The Balaban J connectivity index is 1.54. The van der Waals surface area contributed by atoms with Crippen molar-refractivity contribution in [1.82, 2.24) is 20.3 Å². The highest BCUT2D eigenvalue weighted by atomic mass is 35.5. The fourth-order valence-electron chi connectivity index (χ4n) is 4.09. The van der Waals surface area contributed by atoms with Gasteiger partial charge in [-0.15, -0.1) is 0 Å². The summed E-state index contributed by atoms with van der Waals surface area (Å²) in [5.74, 6) is -0.150. The minimum Gasteiger partial charge on any atom is -0.489 e. The Morgan fingerprint density at radius 1 is 1.24 bits per heavy atom. The first-order chi connectivity index (χ1) is 17.2. The van der Waals surface area contributed by atoms with Crippen molar-refractivity contribution >= 4 is 28.6 Å². The van der Waals surface area contributed by atoms with E-state index in [1.54, 1.807) is 27.7 Å². The summed E-state index contributed by atoms with van der Waals surface area (Å²) in [6.07, 6.45) is -3.89. The van der Waals surface area contributed by atoms with Crippen LogP contribution in [0.15, 0.2) is 35.3 Å². The highest BCUT2D eigenvalue weighted by Gasteiger charge is 2.40. The zero-order valence-corrected chi connectivity index (χ0v) is 21.3. The highest BCUT2D eigenvalue weighted by molar-refractivity contribution is 6.30. The average molecular weight is 539 g/mol. The number of alkyl halides is 3. The molecular formula is C25H26ClF3N4O4. The molecule has 0 spiro atoms. The van der Waals surface area contributed by atoms with E-state index in [2.05, 4.69) is 20.3 Å². The first kappa shape index (κ1) is 26.7. The SMILES string of the molecule is C[C@@H](NC(=O)OC(C)(C)C)c1cccc(C(F)(F)F)c1OC1CC(c2nc3cnc(Cl)cc3c(=O)[nH]2)C1. The molecule has 1 aliphatic carbocycles. The minimum atomic E-state index is -4.67. The molecule has 1 fully saturated rings. The zero-order chi connectivity index (χ0) is 27.1. The number of nitrogens with one attached hydrogen (secondary N) is 2. The van der Waals surface area contributed by atoms with E-state index in [-0.39, 0.29) is 27.9 Å². The summed E-state index contributed by atoms with van der Waals surface area (Å²) in [4.78, 5) is 35.7. The number of nitrogens with zero attached hydrogens (tertiary/aromatic N) is 2. The lowest BCUT2D eigenvalue weighted by atomic mass is 9.81. The Labute approximate surface area is 215 Å². The molecule has 37 heavy (non-hydrogen) atoms. The van der Waals surface area contributed by atoms with Gasteiger partial charge in [-0.2, -0.15) is 13.2 Å². The minimum absolute atomic E-state index is 0.166. The molecule has 1 aromatic carbocycles. The van der Waals surface area contributed by atoms with Gasteiger partial charge in [0.1, 0.15) is 28.4 Å². The van der Waals surface area contributed by atoms with Crippen LogP contribution in [0.5, 0.6) is 5.75 Å². The van der Waals surface area contributed by atoms with Crippen molar-refractivity contribution in [3.8, 4) is 5.75 Å². The average Bonchev–Trinajstić information content (AvgIpc) is 2.74.